The fraction of sp³-hybridized carbons (Fsp3) is 0.0500. The highest BCUT2D eigenvalue weighted by Gasteiger charge is 2.43. The number of furan rings is 1. The van der Waals surface area contributed by atoms with Gasteiger partial charge in [-0.15, -0.1) is 0 Å². The van der Waals surface area contributed by atoms with Crippen LogP contribution in [0.2, 0.25) is 5.02 Å². The quantitative estimate of drug-likeness (QED) is 0.672. The number of carbonyl (C=O) groups excluding carboxylic acids is 1. The topological polar surface area (TPSA) is 79.5 Å². The third-order valence-electron chi connectivity index (χ3n) is 4.27. The largest absolute Gasteiger partial charge is 0.505 e. The maximum Gasteiger partial charge on any atom is 0.230 e. The highest BCUT2D eigenvalue weighted by Crippen LogP contribution is 2.44. The first kappa shape index (κ1) is 17.1. The van der Waals surface area contributed by atoms with Gasteiger partial charge in [-0.25, -0.2) is 9.97 Å². The molecule has 1 aliphatic rings. The number of ketones is 1. The van der Waals surface area contributed by atoms with Crippen molar-refractivity contribution >= 4 is 23.3 Å². The Balaban J connectivity index is 1.90. The van der Waals surface area contributed by atoms with Crippen LogP contribution in [0.4, 0.5) is 5.95 Å². The molecule has 0 radical (unpaired) electrons. The summed E-state index contributed by atoms with van der Waals surface area (Å²) in [5, 5.41) is 11.2. The fourth-order valence-electron chi connectivity index (χ4n) is 3.10. The minimum Gasteiger partial charge on any atom is -0.505 e. The SMILES string of the molecule is C=C1C(O)=C(C(=O)c2ccco2)C(c2cccc(Cl)c2)N1c1ncccn1. The van der Waals surface area contributed by atoms with Crippen LogP contribution in [-0.4, -0.2) is 20.9 Å². The number of benzene rings is 1. The third kappa shape index (κ3) is 2.90. The van der Waals surface area contributed by atoms with Crippen LogP contribution in [0.1, 0.15) is 22.2 Å². The van der Waals surface area contributed by atoms with Gasteiger partial charge in [-0.3, -0.25) is 9.69 Å². The predicted molar refractivity (Wildman–Crippen MR) is 101 cm³/mol. The Kier molecular flexibility index (Phi) is 4.25. The second kappa shape index (κ2) is 6.74. The van der Waals surface area contributed by atoms with Crippen molar-refractivity contribution in [3.63, 3.8) is 0 Å². The normalized spacial score (nSPS) is 16.9. The minimum absolute atomic E-state index is 0.118. The zero-order valence-corrected chi connectivity index (χ0v) is 14.8. The number of aromatic nitrogens is 2. The maximum absolute atomic E-state index is 13.1. The number of halogens is 1. The molecule has 1 N–H and O–H groups in total. The van der Waals surface area contributed by atoms with Crippen LogP contribution >= 0.6 is 11.6 Å². The van der Waals surface area contributed by atoms with Crippen molar-refractivity contribution in [2.24, 2.45) is 0 Å². The number of Topliss-reactive ketones (excluding diaryl/α,β-unsaturated/α-hetero) is 1. The van der Waals surface area contributed by atoms with Gasteiger partial charge in [0.25, 0.3) is 0 Å². The molecule has 0 saturated carbocycles. The number of aliphatic hydroxyl groups excluding tert-OH is 1. The Labute approximate surface area is 160 Å². The summed E-state index contributed by atoms with van der Waals surface area (Å²) in [4.78, 5) is 23.2. The molecule has 1 aliphatic heterocycles. The summed E-state index contributed by atoms with van der Waals surface area (Å²) in [5.41, 5.74) is 1.04. The summed E-state index contributed by atoms with van der Waals surface area (Å²) in [6.45, 7) is 3.93. The Bertz CT molecular complexity index is 1050. The molecule has 1 unspecified atom stereocenters. The summed E-state index contributed by atoms with van der Waals surface area (Å²) in [5.74, 6) is -0.246. The van der Waals surface area contributed by atoms with E-state index in [2.05, 4.69) is 16.5 Å². The molecule has 1 atom stereocenters. The molecule has 1 aromatic carbocycles. The number of carbonyl (C=O) groups is 1. The van der Waals surface area contributed by atoms with Crippen molar-refractivity contribution in [3.05, 3.63) is 101 Å². The zero-order valence-electron chi connectivity index (χ0n) is 14.0. The number of rotatable bonds is 4. The lowest BCUT2D eigenvalue weighted by molar-refractivity contribution is 0.0995. The van der Waals surface area contributed by atoms with Crippen LogP contribution in [0.15, 0.2) is 89.1 Å². The summed E-state index contributed by atoms with van der Waals surface area (Å²) >= 11 is 6.16. The van der Waals surface area contributed by atoms with Crippen molar-refractivity contribution in [1.29, 1.82) is 0 Å². The molecule has 6 nitrogen and oxygen atoms in total. The Morgan fingerprint density at radius 3 is 2.63 bits per heavy atom. The van der Waals surface area contributed by atoms with Gasteiger partial charge in [0.1, 0.15) is 5.76 Å². The van der Waals surface area contributed by atoms with Gasteiger partial charge in [0.2, 0.25) is 11.7 Å². The van der Waals surface area contributed by atoms with Crippen LogP contribution in [-0.2, 0) is 0 Å². The van der Waals surface area contributed by atoms with Crippen LogP contribution < -0.4 is 4.90 Å². The lowest BCUT2D eigenvalue weighted by atomic mass is 9.95. The van der Waals surface area contributed by atoms with E-state index in [0.717, 1.165) is 0 Å². The van der Waals surface area contributed by atoms with Crippen LogP contribution in [0.3, 0.4) is 0 Å². The van der Waals surface area contributed by atoms with E-state index in [0.29, 0.717) is 16.5 Å². The highest BCUT2D eigenvalue weighted by molar-refractivity contribution is 6.30. The number of aliphatic hydroxyl groups is 1. The Morgan fingerprint density at radius 1 is 1.19 bits per heavy atom. The molecule has 0 aliphatic carbocycles. The Morgan fingerprint density at radius 2 is 1.96 bits per heavy atom. The molecule has 7 heteroatoms. The predicted octanol–water partition coefficient (Wildman–Crippen LogP) is 4.49. The van der Waals surface area contributed by atoms with Crippen molar-refractivity contribution in [1.82, 2.24) is 9.97 Å². The van der Waals surface area contributed by atoms with Crippen LogP contribution in [0.25, 0.3) is 0 Å². The minimum atomic E-state index is -0.698. The first-order valence-electron chi connectivity index (χ1n) is 8.10. The van der Waals surface area contributed by atoms with Crippen molar-refractivity contribution in [2.45, 2.75) is 6.04 Å². The number of hydrogen-bond acceptors (Lipinski definition) is 6. The molecule has 134 valence electrons. The monoisotopic (exact) mass is 379 g/mol. The van der Waals surface area contributed by atoms with E-state index in [9.17, 15) is 9.90 Å². The lowest BCUT2D eigenvalue weighted by Crippen LogP contribution is -2.27. The molecular formula is C20H14ClN3O3. The second-order valence-corrected chi connectivity index (χ2v) is 6.33. The van der Waals surface area contributed by atoms with Crippen molar-refractivity contribution in [2.75, 3.05) is 4.90 Å². The van der Waals surface area contributed by atoms with E-state index < -0.39 is 11.8 Å². The number of anilines is 1. The maximum atomic E-state index is 13.1. The third-order valence-corrected chi connectivity index (χ3v) is 4.51. The summed E-state index contributed by atoms with van der Waals surface area (Å²) < 4.78 is 5.24. The molecule has 3 heterocycles. The van der Waals surface area contributed by atoms with E-state index in [1.54, 1.807) is 53.7 Å². The van der Waals surface area contributed by atoms with Crippen LogP contribution in [0, 0.1) is 0 Å². The first-order chi connectivity index (χ1) is 13.1. The molecule has 0 amide bonds. The summed E-state index contributed by atoms with van der Waals surface area (Å²) in [6.07, 6.45) is 4.56. The zero-order chi connectivity index (χ0) is 19.0. The second-order valence-electron chi connectivity index (χ2n) is 5.89. The molecule has 3 aromatic rings. The molecule has 0 saturated heterocycles. The van der Waals surface area contributed by atoms with Crippen LogP contribution in [0.5, 0.6) is 0 Å². The fourth-order valence-corrected chi connectivity index (χ4v) is 3.30. The first-order valence-corrected chi connectivity index (χ1v) is 8.48. The van der Waals surface area contributed by atoms with Gasteiger partial charge < -0.3 is 9.52 Å². The molecular weight excluding hydrogens is 366 g/mol. The average molecular weight is 380 g/mol. The van der Waals surface area contributed by atoms with Crippen molar-refractivity contribution < 1.29 is 14.3 Å². The number of hydrogen-bond donors (Lipinski definition) is 1. The van der Waals surface area contributed by atoms with Gasteiger partial charge >= 0.3 is 0 Å². The summed E-state index contributed by atoms with van der Waals surface area (Å²) in [7, 11) is 0. The molecule has 2 aromatic heterocycles. The molecule has 27 heavy (non-hydrogen) atoms. The van der Waals surface area contributed by atoms with Gasteiger partial charge in [-0.05, 0) is 35.9 Å². The average Bonchev–Trinajstić information content (AvgIpc) is 3.30. The molecule has 4 rings (SSSR count). The lowest BCUT2D eigenvalue weighted by Gasteiger charge is -2.27. The summed E-state index contributed by atoms with van der Waals surface area (Å²) in [6, 6.07) is 11.2. The van der Waals surface area contributed by atoms with Gasteiger partial charge in [-0.2, -0.15) is 0 Å². The van der Waals surface area contributed by atoms with Gasteiger partial charge in [-0.1, -0.05) is 30.3 Å². The number of nitrogens with zero attached hydrogens (tertiary/aromatic N) is 3. The van der Waals surface area contributed by atoms with Gasteiger partial charge in [0.05, 0.1) is 23.6 Å². The highest BCUT2D eigenvalue weighted by atomic mass is 35.5. The molecule has 0 fully saturated rings. The molecule has 0 bridgehead atoms. The Hall–Kier alpha value is -3.38. The standard InChI is InChI=1S/C20H14ClN3O3/c1-12-18(25)16(19(26)15-7-3-10-27-15)17(13-5-2-6-14(21)11-13)24(12)20-22-8-4-9-23-20/h2-11,17,25H,1H2. The van der Waals surface area contributed by atoms with Crippen molar-refractivity contribution in [3.8, 4) is 0 Å². The molecule has 0 spiro atoms. The van der Waals surface area contributed by atoms with E-state index >= 15 is 0 Å². The van der Waals surface area contributed by atoms with E-state index in [4.69, 9.17) is 16.0 Å². The van der Waals surface area contributed by atoms with E-state index in [1.807, 2.05) is 6.07 Å². The van der Waals surface area contributed by atoms with Gasteiger partial charge in [0, 0.05) is 17.4 Å². The van der Waals surface area contributed by atoms with E-state index in [-0.39, 0.29) is 22.8 Å². The van der Waals surface area contributed by atoms with E-state index in [1.165, 1.54) is 6.26 Å². The van der Waals surface area contributed by atoms with Gasteiger partial charge in [0.15, 0.2) is 5.76 Å². The smallest absolute Gasteiger partial charge is 0.230 e.